The molecule has 2 heterocycles. The maximum atomic E-state index is 13.8. The SMILES string of the molecule is CC[C@@H]1CN(Cc2cc(C(CC(=O)O)CC(C)c3cn[n-]n3)ccc2C)S(=N)(=O)c2ccccc2O1. The molecule has 36 heavy (non-hydrogen) atoms. The van der Waals surface area contributed by atoms with Crippen LogP contribution in [-0.4, -0.2) is 42.4 Å². The first-order valence-electron chi connectivity index (χ1n) is 12.1. The number of hydrogen-bond acceptors (Lipinski definition) is 6. The zero-order valence-corrected chi connectivity index (χ0v) is 21.6. The molecule has 0 spiro atoms. The van der Waals surface area contributed by atoms with Gasteiger partial charge in [-0.3, -0.25) is 4.79 Å². The van der Waals surface area contributed by atoms with Crippen LogP contribution in [0.15, 0.2) is 53.6 Å². The highest BCUT2D eigenvalue weighted by Gasteiger charge is 2.32. The van der Waals surface area contributed by atoms with E-state index < -0.39 is 15.9 Å². The summed E-state index contributed by atoms with van der Waals surface area (Å²) in [5, 5.41) is 21.1. The number of para-hydroxylation sites is 1. The Bertz CT molecular complexity index is 1310. The van der Waals surface area contributed by atoms with Crippen molar-refractivity contribution in [2.45, 2.75) is 69.4 Å². The number of aryl methyl sites for hydroxylation is 1. The minimum atomic E-state index is -3.29. The molecule has 10 heteroatoms. The van der Waals surface area contributed by atoms with Crippen LogP contribution >= 0.6 is 0 Å². The minimum Gasteiger partial charge on any atom is -0.493 e. The molecule has 0 fully saturated rings. The summed E-state index contributed by atoms with van der Waals surface area (Å²) in [6, 6.07) is 13.0. The molecule has 0 amide bonds. The summed E-state index contributed by atoms with van der Waals surface area (Å²) in [6.07, 6.45) is 2.69. The number of benzene rings is 2. The molecule has 9 nitrogen and oxygen atoms in total. The van der Waals surface area contributed by atoms with Crippen molar-refractivity contribution in [1.82, 2.24) is 19.7 Å². The topological polar surface area (TPSA) is 131 Å². The summed E-state index contributed by atoms with van der Waals surface area (Å²) in [5.74, 6) is -0.628. The standard InChI is InChI=1S/C26H33N5O4S/c1-4-22-16-31(36(27,34)25-8-6-5-7-24(25)35-22)15-21-12-19(10-9-17(21)2)20(13-26(32)33)11-18(3)23-14-28-30-29-23/h5-10,12,14,18,20,22,27H,4,11,13,15-16H2,1-3H3,(H2,28,29,30,32,33)/p-1/t18?,20?,22-,36?/m1/s1. The molecule has 0 aliphatic carbocycles. The van der Waals surface area contributed by atoms with Crippen molar-refractivity contribution in [1.29, 1.82) is 4.78 Å². The lowest BCUT2D eigenvalue weighted by Crippen LogP contribution is -2.36. The van der Waals surface area contributed by atoms with Gasteiger partial charge >= 0.3 is 5.97 Å². The molecular formula is C26H32N5O4S-. The second-order valence-electron chi connectivity index (χ2n) is 9.42. The van der Waals surface area contributed by atoms with Gasteiger partial charge in [0, 0.05) is 25.0 Å². The molecule has 0 saturated carbocycles. The Labute approximate surface area is 212 Å². The molecule has 2 N–H and O–H groups in total. The molecule has 1 aliphatic heterocycles. The number of carboxylic acid groups (broad SMARTS) is 1. The lowest BCUT2D eigenvalue weighted by Gasteiger charge is -2.26. The molecule has 3 unspecified atom stereocenters. The van der Waals surface area contributed by atoms with E-state index in [-0.39, 0.29) is 24.4 Å². The fourth-order valence-corrected chi connectivity index (χ4v) is 6.27. The molecule has 1 aliphatic rings. The molecule has 4 rings (SSSR count). The van der Waals surface area contributed by atoms with Gasteiger partial charge in [-0.1, -0.05) is 44.2 Å². The Kier molecular flexibility index (Phi) is 7.75. The maximum Gasteiger partial charge on any atom is 0.303 e. The molecule has 2 aromatic carbocycles. The highest BCUT2D eigenvalue weighted by atomic mass is 32.2. The van der Waals surface area contributed by atoms with E-state index in [0.717, 1.165) is 28.8 Å². The third kappa shape index (κ3) is 5.60. The zero-order chi connectivity index (χ0) is 25.9. The Morgan fingerprint density at radius 1 is 1.33 bits per heavy atom. The molecule has 3 aromatic rings. The van der Waals surface area contributed by atoms with Gasteiger partial charge in [0.1, 0.15) is 26.7 Å². The van der Waals surface area contributed by atoms with Gasteiger partial charge in [0.25, 0.3) is 0 Å². The molecule has 0 saturated heterocycles. The Morgan fingerprint density at radius 2 is 2.11 bits per heavy atom. The van der Waals surface area contributed by atoms with Crippen LogP contribution < -0.4 is 9.95 Å². The highest BCUT2D eigenvalue weighted by Crippen LogP contribution is 2.35. The van der Waals surface area contributed by atoms with Crippen molar-refractivity contribution in [3.63, 3.8) is 0 Å². The summed E-state index contributed by atoms with van der Waals surface area (Å²) in [6.45, 7) is 6.63. The normalized spacial score (nSPS) is 21.7. The Morgan fingerprint density at radius 3 is 2.81 bits per heavy atom. The van der Waals surface area contributed by atoms with Crippen LogP contribution in [-0.2, 0) is 21.3 Å². The van der Waals surface area contributed by atoms with Gasteiger partial charge in [0.15, 0.2) is 0 Å². The predicted molar refractivity (Wildman–Crippen MR) is 135 cm³/mol. The lowest BCUT2D eigenvalue weighted by atomic mass is 9.85. The number of carbonyl (C=O) groups is 1. The molecule has 0 bridgehead atoms. The average molecular weight is 511 g/mol. The number of ether oxygens (including phenoxy) is 1. The van der Waals surface area contributed by atoms with E-state index in [2.05, 4.69) is 15.4 Å². The summed E-state index contributed by atoms with van der Waals surface area (Å²) < 4.78 is 30.5. The Hall–Kier alpha value is -3.24. The predicted octanol–water partition coefficient (Wildman–Crippen LogP) is 4.49. The molecule has 1 aromatic heterocycles. The van der Waals surface area contributed by atoms with Gasteiger partial charge in [-0.15, -0.1) is 0 Å². The number of fused-ring (bicyclic) bond motifs is 1. The average Bonchev–Trinajstić information content (AvgIpc) is 3.36. The number of hydrogen-bond donors (Lipinski definition) is 2. The summed E-state index contributed by atoms with van der Waals surface area (Å²) in [5.41, 5.74) is 3.54. The number of aliphatic carboxylic acids is 1. The number of aromatic nitrogens is 3. The number of nitrogens with zero attached hydrogens (tertiary/aromatic N) is 4. The van der Waals surface area contributed by atoms with Gasteiger partial charge in [0.05, 0.1) is 6.42 Å². The zero-order valence-electron chi connectivity index (χ0n) is 20.8. The van der Waals surface area contributed by atoms with Gasteiger partial charge < -0.3 is 25.3 Å². The van der Waals surface area contributed by atoms with Crippen LogP contribution in [0.5, 0.6) is 5.75 Å². The van der Waals surface area contributed by atoms with Crippen LogP contribution in [0.25, 0.3) is 0 Å². The number of nitrogens with one attached hydrogen (secondary N) is 1. The second kappa shape index (κ2) is 10.8. The molecule has 192 valence electrons. The summed E-state index contributed by atoms with van der Waals surface area (Å²) in [4.78, 5) is 12.1. The van der Waals surface area contributed by atoms with E-state index in [4.69, 9.17) is 9.52 Å². The van der Waals surface area contributed by atoms with E-state index in [1.165, 1.54) is 0 Å². The first-order chi connectivity index (χ1) is 17.2. The lowest BCUT2D eigenvalue weighted by molar-refractivity contribution is -0.137. The molecule has 4 atom stereocenters. The quantitative estimate of drug-likeness (QED) is 0.434. The Balaban J connectivity index is 1.66. The third-order valence-electron chi connectivity index (χ3n) is 6.82. The first kappa shape index (κ1) is 25.8. The second-order valence-corrected chi connectivity index (χ2v) is 11.4. The first-order valence-corrected chi connectivity index (χ1v) is 13.6. The minimum absolute atomic E-state index is 0.00866. The fraction of sp³-hybridized carbons (Fsp3) is 0.423. The van der Waals surface area contributed by atoms with Crippen LogP contribution in [0, 0.1) is 11.7 Å². The monoisotopic (exact) mass is 510 g/mol. The van der Waals surface area contributed by atoms with E-state index in [0.29, 0.717) is 30.2 Å². The van der Waals surface area contributed by atoms with Crippen molar-refractivity contribution in [3.05, 3.63) is 71.0 Å². The molecule has 0 radical (unpaired) electrons. The smallest absolute Gasteiger partial charge is 0.303 e. The third-order valence-corrected chi connectivity index (χ3v) is 8.76. The molecular weight excluding hydrogens is 478 g/mol. The summed E-state index contributed by atoms with van der Waals surface area (Å²) >= 11 is 0. The highest BCUT2D eigenvalue weighted by molar-refractivity contribution is 7.90. The van der Waals surface area contributed by atoms with Crippen LogP contribution in [0.2, 0.25) is 0 Å². The van der Waals surface area contributed by atoms with Crippen LogP contribution in [0.3, 0.4) is 0 Å². The van der Waals surface area contributed by atoms with E-state index in [1.54, 1.807) is 28.7 Å². The van der Waals surface area contributed by atoms with Gasteiger partial charge in [-0.05, 0) is 60.4 Å². The van der Waals surface area contributed by atoms with Crippen LogP contribution in [0.1, 0.15) is 67.3 Å². The van der Waals surface area contributed by atoms with Crippen molar-refractivity contribution in [2.75, 3.05) is 6.54 Å². The number of carboxylic acids is 1. The van der Waals surface area contributed by atoms with E-state index in [1.807, 2.05) is 45.0 Å². The fourth-order valence-electron chi connectivity index (χ4n) is 4.65. The van der Waals surface area contributed by atoms with Gasteiger partial charge in [-0.2, -0.15) is 0 Å². The van der Waals surface area contributed by atoms with Crippen molar-refractivity contribution < 1.29 is 18.8 Å². The van der Waals surface area contributed by atoms with Crippen molar-refractivity contribution in [2.24, 2.45) is 0 Å². The van der Waals surface area contributed by atoms with Crippen molar-refractivity contribution in [3.8, 4) is 5.75 Å². The largest absolute Gasteiger partial charge is 0.493 e. The van der Waals surface area contributed by atoms with Crippen LogP contribution in [0.4, 0.5) is 0 Å². The number of rotatable bonds is 9. The summed E-state index contributed by atoms with van der Waals surface area (Å²) in [7, 11) is -3.29. The van der Waals surface area contributed by atoms with Crippen molar-refractivity contribution >= 4 is 15.9 Å². The maximum absolute atomic E-state index is 13.8. The van der Waals surface area contributed by atoms with Gasteiger partial charge in [0.2, 0.25) is 0 Å². The van der Waals surface area contributed by atoms with E-state index in [9.17, 15) is 14.1 Å². The van der Waals surface area contributed by atoms with Gasteiger partial charge in [-0.25, -0.2) is 13.3 Å². The van der Waals surface area contributed by atoms with E-state index >= 15 is 0 Å².